The van der Waals surface area contributed by atoms with E-state index in [0.29, 0.717) is 23.7 Å². The molecule has 0 radical (unpaired) electrons. The minimum atomic E-state index is -0.0697. The molecule has 2 rings (SSSR count). The Morgan fingerprint density at radius 2 is 2.17 bits per heavy atom. The van der Waals surface area contributed by atoms with Crippen LogP contribution in [0.5, 0.6) is 11.5 Å². The SMILES string of the molecule is COc1cccc(C(=O)C2CCCOC2)c1OC. The lowest BCUT2D eigenvalue weighted by Gasteiger charge is -2.22. The molecule has 0 saturated carbocycles. The number of benzene rings is 1. The summed E-state index contributed by atoms with van der Waals surface area (Å²) >= 11 is 0. The molecule has 4 heteroatoms. The molecule has 0 aliphatic carbocycles. The Kier molecular flexibility index (Phi) is 4.20. The fourth-order valence-electron chi connectivity index (χ4n) is 2.25. The molecule has 1 aliphatic rings. The van der Waals surface area contributed by atoms with Gasteiger partial charge in [0, 0.05) is 12.5 Å². The van der Waals surface area contributed by atoms with Gasteiger partial charge in [0.2, 0.25) is 0 Å². The smallest absolute Gasteiger partial charge is 0.172 e. The van der Waals surface area contributed by atoms with Crippen molar-refractivity contribution in [2.24, 2.45) is 5.92 Å². The Morgan fingerprint density at radius 1 is 1.33 bits per heavy atom. The van der Waals surface area contributed by atoms with E-state index in [-0.39, 0.29) is 11.7 Å². The highest BCUT2D eigenvalue weighted by Crippen LogP contribution is 2.33. The highest BCUT2D eigenvalue weighted by atomic mass is 16.5. The maximum atomic E-state index is 12.4. The van der Waals surface area contributed by atoms with Crippen LogP contribution in [0.4, 0.5) is 0 Å². The second kappa shape index (κ2) is 5.87. The van der Waals surface area contributed by atoms with Crippen LogP contribution in [0.3, 0.4) is 0 Å². The van der Waals surface area contributed by atoms with E-state index in [2.05, 4.69) is 0 Å². The number of Topliss-reactive ketones (excluding diaryl/α,β-unsaturated/α-hetero) is 1. The van der Waals surface area contributed by atoms with Crippen molar-refractivity contribution in [1.29, 1.82) is 0 Å². The minimum Gasteiger partial charge on any atom is -0.493 e. The number of methoxy groups -OCH3 is 2. The summed E-state index contributed by atoms with van der Waals surface area (Å²) in [4.78, 5) is 12.4. The summed E-state index contributed by atoms with van der Waals surface area (Å²) in [5.74, 6) is 1.10. The van der Waals surface area contributed by atoms with Gasteiger partial charge in [-0.15, -0.1) is 0 Å². The highest BCUT2D eigenvalue weighted by Gasteiger charge is 2.26. The highest BCUT2D eigenvalue weighted by molar-refractivity contribution is 6.01. The summed E-state index contributed by atoms with van der Waals surface area (Å²) in [6.07, 6.45) is 1.81. The maximum absolute atomic E-state index is 12.4. The van der Waals surface area contributed by atoms with E-state index < -0.39 is 0 Å². The number of para-hydroxylation sites is 1. The first-order valence-corrected chi connectivity index (χ1v) is 6.11. The Labute approximate surface area is 107 Å². The number of rotatable bonds is 4. The molecular weight excluding hydrogens is 232 g/mol. The lowest BCUT2D eigenvalue weighted by Crippen LogP contribution is -2.25. The summed E-state index contributed by atoms with van der Waals surface area (Å²) in [6.45, 7) is 1.25. The quantitative estimate of drug-likeness (QED) is 0.769. The van der Waals surface area contributed by atoms with Crippen LogP contribution in [0.2, 0.25) is 0 Å². The molecule has 0 N–H and O–H groups in total. The minimum absolute atomic E-state index is 0.0697. The molecule has 0 amide bonds. The van der Waals surface area contributed by atoms with Crippen molar-refractivity contribution in [3.05, 3.63) is 23.8 Å². The number of carbonyl (C=O) groups is 1. The average Bonchev–Trinajstić information content (AvgIpc) is 2.46. The van der Waals surface area contributed by atoms with Crippen molar-refractivity contribution >= 4 is 5.78 Å². The Morgan fingerprint density at radius 3 is 2.78 bits per heavy atom. The fourth-order valence-corrected chi connectivity index (χ4v) is 2.25. The number of carbonyl (C=O) groups excluding carboxylic acids is 1. The third-order valence-electron chi connectivity index (χ3n) is 3.20. The normalized spacial score (nSPS) is 19.3. The van der Waals surface area contributed by atoms with E-state index in [1.807, 2.05) is 0 Å². The Balaban J connectivity index is 2.28. The van der Waals surface area contributed by atoms with Gasteiger partial charge in [-0.05, 0) is 25.0 Å². The molecule has 1 aromatic carbocycles. The summed E-state index contributed by atoms with van der Waals surface area (Å²) in [5, 5.41) is 0. The third-order valence-corrected chi connectivity index (χ3v) is 3.20. The van der Waals surface area contributed by atoms with Gasteiger partial charge in [0.1, 0.15) is 0 Å². The van der Waals surface area contributed by atoms with Gasteiger partial charge >= 0.3 is 0 Å². The van der Waals surface area contributed by atoms with Gasteiger partial charge in [-0.2, -0.15) is 0 Å². The molecule has 98 valence electrons. The first kappa shape index (κ1) is 12.9. The second-order valence-electron chi connectivity index (χ2n) is 4.32. The lowest BCUT2D eigenvalue weighted by atomic mass is 9.92. The zero-order valence-electron chi connectivity index (χ0n) is 10.8. The average molecular weight is 250 g/mol. The number of hydrogen-bond donors (Lipinski definition) is 0. The van der Waals surface area contributed by atoms with E-state index in [1.165, 1.54) is 0 Å². The van der Waals surface area contributed by atoms with Gasteiger partial charge in [0.25, 0.3) is 0 Å². The molecule has 0 bridgehead atoms. The molecule has 1 fully saturated rings. The number of ketones is 1. The molecule has 4 nitrogen and oxygen atoms in total. The van der Waals surface area contributed by atoms with Gasteiger partial charge in [-0.3, -0.25) is 4.79 Å². The summed E-state index contributed by atoms with van der Waals surface area (Å²) in [5.41, 5.74) is 0.576. The van der Waals surface area contributed by atoms with Gasteiger partial charge in [-0.25, -0.2) is 0 Å². The Bertz CT molecular complexity index is 422. The van der Waals surface area contributed by atoms with Crippen LogP contribution in [0.25, 0.3) is 0 Å². The van der Waals surface area contributed by atoms with Crippen LogP contribution >= 0.6 is 0 Å². The van der Waals surface area contributed by atoms with Crippen molar-refractivity contribution in [3.63, 3.8) is 0 Å². The monoisotopic (exact) mass is 250 g/mol. The van der Waals surface area contributed by atoms with E-state index in [0.717, 1.165) is 19.4 Å². The third kappa shape index (κ3) is 2.48. The van der Waals surface area contributed by atoms with Gasteiger partial charge < -0.3 is 14.2 Å². The van der Waals surface area contributed by atoms with Crippen molar-refractivity contribution in [3.8, 4) is 11.5 Å². The molecule has 1 unspecified atom stereocenters. The van der Waals surface area contributed by atoms with Crippen molar-refractivity contribution in [2.45, 2.75) is 12.8 Å². The fraction of sp³-hybridized carbons (Fsp3) is 0.500. The standard InChI is InChI=1S/C14H18O4/c1-16-12-7-3-6-11(14(12)17-2)13(15)10-5-4-8-18-9-10/h3,6-7,10H,4-5,8-9H2,1-2H3. The first-order valence-electron chi connectivity index (χ1n) is 6.11. The molecule has 1 heterocycles. The van der Waals surface area contributed by atoms with Crippen LogP contribution in [-0.4, -0.2) is 33.2 Å². The molecular formula is C14H18O4. The van der Waals surface area contributed by atoms with E-state index in [4.69, 9.17) is 14.2 Å². The molecule has 1 aliphatic heterocycles. The van der Waals surface area contributed by atoms with Gasteiger partial charge in [0.15, 0.2) is 17.3 Å². The Hall–Kier alpha value is -1.55. The molecule has 0 aromatic heterocycles. The lowest BCUT2D eigenvalue weighted by molar-refractivity contribution is 0.0459. The topological polar surface area (TPSA) is 44.8 Å². The number of ether oxygens (including phenoxy) is 3. The molecule has 1 aromatic rings. The van der Waals surface area contributed by atoms with Crippen LogP contribution in [0, 0.1) is 5.92 Å². The van der Waals surface area contributed by atoms with Crippen LogP contribution in [-0.2, 0) is 4.74 Å². The maximum Gasteiger partial charge on any atom is 0.172 e. The van der Waals surface area contributed by atoms with Gasteiger partial charge in [0.05, 0.1) is 26.4 Å². The van der Waals surface area contributed by atoms with Crippen LogP contribution in [0.1, 0.15) is 23.2 Å². The van der Waals surface area contributed by atoms with Crippen molar-refractivity contribution < 1.29 is 19.0 Å². The summed E-state index contributed by atoms with van der Waals surface area (Å²) in [7, 11) is 3.11. The molecule has 1 saturated heterocycles. The second-order valence-corrected chi connectivity index (χ2v) is 4.32. The zero-order valence-corrected chi connectivity index (χ0v) is 10.8. The predicted octanol–water partition coefficient (Wildman–Crippen LogP) is 2.31. The largest absolute Gasteiger partial charge is 0.493 e. The summed E-state index contributed by atoms with van der Waals surface area (Å²) < 4.78 is 15.9. The molecule has 0 spiro atoms. The summed E-state index contributed by atoms with van der Waals surface area (Å²) in [6, 6.07) is 5.36. The van der Waals surface area contributed by atoms with E-state index in [9.17, 15) is 4.79 Å². The molecule has 1 atom stereocenters. The number of hydrogen-bond acceptors (Lipinski definition) is 4. The van der Waals surface area contributed by atoms with Crippen molar-refractivity contribution in [1.82, 2.24) is 0 Å². The van der Waals surface area contributed by atoms with Crippen LogP contribution in [0.15, 0.2) is 18.2 Å². The van der Waals surface area contributed by atoms with E-state index >= 15 is 0 Å². The predicted molar refractivity (Wildman–Crippen MR) is 67.4 cm³/mol. The van der Waals surface area contributed by atoms with Crippen molar-refractivity contribution in [2.75, 3.05) is 27.4 Å². The zero-order chi connectivity index (χ0) is 13.0. The van der Waals surface area contributed by atoms with E-state index in [1.54, 1.807) is 32.4 Å². The molecule has 18 heavy (non-hydrogen) atoms. The first-order chi connectivity index (χ1) is 8.77. The van der Waals surface area contributed by atoms with Gasteiger partial charge in [-0.1, -0.05) is 6.07 Å². The van der Waals surface area contributed by atoms with Crippen LogP contribution < -0.4 is 9.47 Å².